The number of hydrogen-bond acceptors (Lipinski definition) is 5. The number of methoxy groups -OCH3 is 1. The highest BCUT2D eigenvalue weighted by Gasteiger charge is 2.23. The molecule has 0 rings (SSSR count). The van der Waals surface area contributed by atoms with Crippen molar-refractivity contribution >= 4 is 12.3 Å². The summed E-state index contributed by atoms with van der Waals surface area (Å²) in [4.78, 5) is 22.9. The standard InChI is InChI=1S/C20H38O5/c1-15(2)18(24-14-23-7)10-8-16(3)17(12-13-21)9-11-19(22)25-20(4,5)6/h13,15-18H,8-12,14H2,1-7H3/t16-,17+,18+/m1/s1. The molecule has 0 saturated heterocycles. The Morgan fingerprint density at radius 2 is 1.72 bits per heavy atom. The van der Waals surface area contributed by atoms with E-state index >= 15 is 0 Å². The summed E-state index contributed by atoms with van der Waals surface area (Å²) >= 11 is 0. The van der Waals surface area contributed by atoms with Gasteiger partial charge in [0.05, 0.1) is 6.10 Å². The maximum atomic E-state index is 11.9. The van der Waals surface area contributed by atoms with E-state index in [2.05, 4.69) is 20.8 Å². The SMILES string of the molecule is COCO[C@@H](CC[C@@H](C)[C@H](CC=O)CCC(=O)OC(C)(C)C)C(C)C. The molecule has 25 heavy (non-hydrogen) atoms. The second-order valence-corrected chi connectivity index (χ2v) is 8.20. The van der Waals surface area contributed by atoms with Crippen molar-refractivity contribution in [2.24, 2.45) is 17.8 Å². The van der Waals surface area contributed by atoms with Crippen molar-refractivity contribution in [3.05, 3.63) is 0 Å². The summed E-state index contributed by atoms with van der Waals surface area (Å²) in [5.74, 6) is 0.757. The zero-order chi connectivity index (χ0) is 19.5. The highest BCUT2D eigenvalue weighted by atomic mass is 16.7. The first kappa shape index (κ1) is 24.1. The minimum atomic E-state index is -0.466. The highest BCUT2D eigenvalue weighted by Crippen LogP contribution is 2.27. The second-order valence-electron chi connectivity index (χ2n) is 8.20. The molecular formula is C20H38O5. The van der Waals surface area contributed by atoms with Gasteiger partial charge in [0.1, 0.15) is 18.7 Å². The first-order valence-corrected chi connectivity index (χ1v) is 9.36. The number of rotatable bonds is 13. The normalized spacial score (nSPS) is 15.7. The minimum absolute atomic E-state index is 0.144. The lowest BCUT2D eigenvalue weighted by atomic mass is 9.83. The number of carbonyl (C=O) groups excluding carboxylic acids is 2. The van der Waals surface area contributed by atoms with Crippen LogP contribution in [0.25, 0.3) is 0 Å². The molecule has 0 fully saturated rings. The molecule has 0 radical (unpaired) electrons. The van der Waals surface area contributed by atoms with Crippen LogP contribution in [-0.4, -0.2) is 37.9 Å². The minimum Gasteiger partial charge on any atom is -0.460 e. The number of esters is 1. The molecule has 0 spiro atoms. The Morgan fingerprint density at radius 1 is 1.08 bits per heavy atom. The third-order valence-electron chi connectivity index (χ3n) is 4.39. The molecule has 0 unspecified atom stereocenters. The summed E-state index contributed by atoms with van der Waals surface area (Å²) in [5.41, 5.74) is -0.466. The van der Waals surface area contributed by atoms with E-state index in [-0.39, 0.29) is 18.0 Å². The van der Waals surface area contributed by atoms with Crippen LogP contribution < -0.4 is 0 Å². The molecular weight excluding hydrogens is 320 g/mol. The molecule has 0 saturated carbocycles. The summed E-state index contributed by atoms with van der Waals surface area (Å²) in [6, 6.07) is 0. The number of carbonyl (C=O) groups is 2. The average molecular weight is 359 g/mol. The number of ether oxygens (including phenoxy) is 3. The van der Waals surface area contributed by atoms with Crippen LogP contribution in [0.15, 0.2) is 0 Å². The fourth-order valence-electron chi connectivity index (χ4n) is 2.88. The molecule has 0 amide bonds. The van der Waals surface area contributed by atoms with Gasteiger partial charge < -0.3 is 19.0 Å². The summed E-state index contributed by atoms with van der Waals surface area (Å²) < 4.78 is 16.1. The summed E-state index contributed by atoms with van der Waals surface area (Å²) in [7, 11) is 1.62. The van der Waals surface area contributed by atoms with Gasteiger partial charge in [0.15, 0.2) is 0 Å². The van der Waals surface area contributed by atoms with Crippen molar-refractivity contribution < 1.29 is 23.8 Å². The van der Waals surface area contributed by atoms with Crippen molar-refractivity contribution in [1.82, 2.24) is 0 Å². The zero-order valence-corrected chi connectivity index (χ0v) is 17.2. The Morgan fingerprint density at radius 3 is 2.20 bits per heavy atom. The van der Waals surface area contributed by atoms with E-state index in [1.807, 2.05) is 20.8 Å². The first-order valence-electron chi connectivity index (χ1n) is 9.36. The van der Waals surface area contributed by atoms with Gasteiger partial charge in [0.25, 0.3) is 0 Å². The lowest BCUT2D eigenvalue weighted by Gasteiger charge is -2.26. The van der Waals surface area contributed by atoms with E-state index < -0.39 is 5.60 Å². The molecule has 5 nitrogen and oxygen atoms in total. The maximum absolute atomic E-state index is 11.9. The molecule has 5 heteroatoms. The van der Waals surface area contributed by atoms with E-state index in [0.29, 0.717) is 37.9 Å². The van der Waals surface area contributed by atoms with Gasteiger partial charge in [0.2, 0.25) is 0 Å². The molecule has 0 aromatic carbocycles. The molecule has 148 valence electrons. The van der Waals surface area contributed by atoms with Gasteiger partial charge in [-0.1, -0.05) is 20.8 Å². The van der Waals surface area contributed by atoms with Crippen LogP contribution in [-0.2, 0) is 23.8 Å². The molecule has 0 aromatic heterocycles. The van der Waals surface area contributed by atoms with Crippen LogP contribution in [0.4, 0.5) is 0 Å². The van der Waals surface area contributed by atoms with Crippen molar-refractivity contribution in [2.45, 2.75) is 85.4 Å². The average Bonchev–Trinajstić information content (AvgIpc) is 2.49. The molecule has 0 aliphatic carbocycles. The van der Waals surface area contributed by atoms with Crippen molar-refractivity contribution in [3.63, 3.8) is 0 Å². The molecule has 0 aromatic rings. The van der Waals surface area contributed by atoms with Crippen LogP contribution in [0.1, 0.15) is 73.6 Å². The monoisotopic (exact) mass is 358 g/mol. The Bertz CT molecular complexity index is 373. The molecule has 0 N–H and O–H groups in total. The van der Waals surface area contributed by atoms with Gasteiger partial charge in [-0.25, -0.2) is 0 Å². The fraction of sp³-hybridized carbons (Fsp3) is 0.900. The van der Waals surface area contributed by atoms with Gasteiger partial charge in [-0.2, -0.15) is 0 Å². The van der Waals surface area contributed by atoms with E-state index in [1.54, 1.807) is 7.11 Å². The van der Waals surface area contributed by atoms with E-state index in [0.717, 1.165) is 19.1 Å². The quantitative estimate of drug-likeness (QED) is 0.278. The van der Waals surface area contributed by atoms with Crippen molar-refractivity contribution in [1.29, 1.82) is 0 Å². The van der Waals surface area contributed by atoms with Crippen molar-refractivity contribution in [2.75, 3.05) is 13.9 Å². The number of aldehydes is 1. The lowest BCUT2D eigenvalue weighted by molar-refractivity contribution is -0.155. The zero-order valence-electron chi connectivity index (χ0n) is 17.2. The van der Waals surface area contributed by atoms with Crippen molar-refractivity contribution in [3.8, 4) is 0 Å². The molecule has 0 bridgehead atoms. The van der Waals surface area contributed by atoms with E-state index in [9.17, 15) is 9.59 Å². The molecule has 0 heterocycles. The van der Waals surface area contributed by atoms with Gasteiger partial charge in [-0.15, -0.1) is 0 Å². The van der Waals surface area contributed by atoms with Crippen LogP contribution in [0.2, 0.25) is 0 Å². The number of hydrogen-bond donors (Lipinski definition) is 0. The van der Waals surface area contributed by atoms with Gasteiger partial charge in [-0.05, 0) is 57.8 Å². The molecule has 0 aliphatic rings. The van der Waals surface area contributed by atoms with Crippen LogP contribution in [0, 0.1) is 17.8 Å². The Labute approximate surface area is 153 Å². The smallest absolute Gasteiger partial charge is 0.306 e. The van der Waals surface area contributed by atoms with E-state index in [1.165, 1.54) is 0 Å². The Hall–Kier alpha value is -0.940. The largest absolute Gasteiger partial charge is 0.460 e. The van der Waals surface area contributed by atoms with Gasteiger partial charge in [-0.3, -0.25) is 4.79 Å². The predicted molar refractivity (Wildman–Crippen MR) is 99.2 cm³/mol. The summed E-state index contributed by atoms with van der Waals surface area (Å²) in [5, 5.41) is 0. The second kappa shape index (κ2) is 12.4. The van der Waals surface area contributed by atoms with Crippen LogP contribution >= 0.6 is 0 Å². The third-order valence-corrected chi connectivity index (χ3v) is 4.39. The predicted octanol–water partition coefficient (Wildman–Crippen LogP) is 4.37. The Balaban J connectivity index is 4.49. The van der Waals surface area contributed by atoms with Crippen LogP contribution in [0.3, 0.4) is 0 Å². The maximum Gasteiger partial charge on any atom is 0.306 e. The van der Waals surface area contributed by atoms with E-state index in [4.69, 9.17) is 14.2 Å². The Kier molecular flexibility index (Phi) is 12.0. The topological polar surface area (TPSA) is 61.8 Å². The van der Waals surface area contributed by atoms with Gasteiger partial charge in [0, 0.05) is 20.0 Å². The summed E-state index contributed by atoms with van der Waals surface area (Å²) in [6.45, 7) is 12.3. The molecule has 3 atom stereocenters. The fourth-order valence-corrected chi connectivity index (χ4v) is 2.88. The highest BCUT2D eigenvalue weighted by molar-refractivity contribution is 5.69. The summed E-state index contributed by atoms with van der Waals surface area (Å²) in [6.07, 6.45) is 4.50. The van der Waals surface area contributed by atoms with Gasteiger partial charge >= 0.3 is 5.97 Å². The first-order chi connectivity index (χ1) is 11.6. The van der Waals surface area contributed by atoms with Crippen LogP contribution in [0.5, 0.6) is 0 Å². The molecule has 0 aliphatic heterocycles. The lowest BCUT2D eigenvalue weighted by Crippen LogP contribution is -2.25. The third kappa shape index (κ3) is 12.1.